The number of nitrogens with two attached hydrogens (primary N) is 1. The predicted octanol–water partition coefficient (Wildman–Crippen LogP) is 4.32. The van der Waals surface area contributed by atoms with Crippen molar-refractivity contribution in [1.82, 2.24) is 4.98 Å². The number of primary amides is 1. The molecule has 1 aromatic heterocycles. The van der Waals surface area contributed by atoms with Gasteiger partial charge >= 0.3 is 0 Å². The minimum Gasteiger partial charge on any atom is -0.366 e. The monoisotopic (exact) mass is 346 g/mol. The molecule has 3 rings (SSSR count). The highest BCUT2D eigenvalue weighted by Gasteiger charge is 2.16. The number of fused-ring (bicyclic) bond motifs is 1. The highest BCUT2D eigenvalue weighted by molar-refractivity contribution is 6.09. The largest absolute Gasteiger partial charge is 0.366 e. The first-order valence-electron chi connectivity index (χ1n) is 8.63. The number of carbonyl (C=O) groups excluding carboxylic acids is 2. The molecule has 0 aliphatic carbocycles. The van der Waals surface area contributed by atoms with E-state index in [0.29, 0.717) is 24.0 Å². The van der Waals surface area contributed by atoms with Crippen LogP contribution in [0, 0.1) is 6.92 Å². The Labute approximate surface area is 152 Å². The molecule has 0 aliphatic heterocycles. The molecule has 0 saturated carbocycles. The number of hydrogen-bond acceptors (Lipinski definition) is 2. The van der Waals surface area contributed by atoms with Crippen LogP contribution in [0.25, 0.3) is 22.0 Å². The van der Waals surface area contributed by atoms with Gasteiger partial charge in [0, 0.05) is 18.0 Å². The third-order valence-corrected chi connectivity index (χ3v) is 4.90. The summed E-state index contributed by atoms with van der Waals surface area (Å²) >= 11 is 0. The molecular weight excluding hydrogens is 324 g/mol. The number of amides is 1. The van der Waals surface area contributed by atoms with E-state index in [9.17, 15) is 9.59 Å². The lowest BCUT2D eigenvalue weighted by molar-refractivity contribution is -0.115. The first kappa shape index (κ1) is 17.7. The van der Waals surface area contributed by atoms with Gasteiger partial charge in [0.25, 0.3) is 5.91 Å². The van der Waals surface area contributed by atoms with Crippen LogP contribution in [0.3, 0.4) is 0 Å². The molecular formula is C22H22N2O2. The van der Waals surface area contributed by atoms with Crippen molar-refractivity contribution >= 4 is 22.6 Å². The number of aromatic nitrogens is 1. The number of Topliss-reactive ketones (excluding diaryl/α,β-unsaturated/α-hetero) is 1. The van der Waals surface area contributed by atoms with Gasteiger partial charge in [-0.3, -0.25) is 9.59 Å². The van der Waals surface area contributed by atoms with E-state index in [0.717, 1.165) is 33.2 Å². The molecule has 0 spiro atoms. The number of nitrogens with one attached hydrogen (secondary N) is 1. The van der Waals surface area contributed by atoms with Crippen LogP contribution >= 0.6 is 0 Å². The zero-order valence-corrected chi connectivity index (χ0v) is 15.1. The Kier molecular flexibility index (Phi) is 4.76. The Balaban J connectivity index is 2.10. The molecule has 0 saturated heterocycles. The fourth-order valence-electron chi connectivity index (χ4n) is 3.26. The lowest BCUT2D eigenvalue weighted by Crippen LogP contribution is -2.11. The van der Waals surface area contributed by atoms with Crippen molar-refractivity contribution in [3.05, 3.63) is 71.4 Å². The maximum Gasteiger partial charge on any atom is 0.250 e. The van der Waals surface area contributed by atoms with Crippen LogP contribution in [-0.2, 0) is 11.2 Å². The highest BCUT2D eigenvalue weighted by Crippen LogP contribution is 2.33. The number of ketones is 1. The number of benzene rings is 2. The third-order valence-electron chi connectivity index (χ3n) is 4.90. The Morgan fingerprint density at radius 2 is 1.88 bits per heavy atom. The van der Waals surface area contributed by atoms with E-state index in [1.165, 1.54) is 0 Å². The summed E-state index contributed by atoms with van der Waals surface area (Å²) < 4.78 is 0. The number of hydrogen-bond donors (Lipinski definition) is 2. The van der Waals surface area contributed by atoms with Crippen LogP contribution in [0.5, 0.6) is 0 Å². The van der Waals surface area contributed by atoms with Crippen molar-refractivity contribution in [3.63, 3.8) is 0 Å². The number of carbonyl (C=O) groups is 2. The third kappa shape index (κ3) is 3.06. The number of aromatic amines is 1. The van der Waals surface area contributed by atoms with E-state index in [1.807, 2.05) is 44.2 Å². The first-order chi connectivity index (χ1) is 12.4. The Morgan fingerprint density at radius 1 is 1.12 bits per heavy atom. The van der Waals surface area contributed by atoms with Gasteiger partial charge in [-0.05, 0) is 53.3 Å². The predicted molar refractivity (Wildman–Crippen MR) is 105 cm³/mol. The lowest BCUT2D eigenvalue weighted by Gasteiger charge is -2.13. The second-order valence-electron chi connectivity index (χ2n) is 6.44. The molecule has 0 radical (unpaired) electrons. The molecule has 3 aromatic rings. The zero-order valence-electron chi connectivity index (χ0n) is 15.1. The maximum atomic E-state index is 12.3. The van der Waals surface area contributed by atoms with E-state index >= 15 is 0 Å². The van der Waals surface area contributed by atoms with E-state index in [2.05, 4.69) is 11.6 Å². The van der Waals surface area contributed by atoms with Crippen LogP contribution in [0.15, 0.2) is 54.7 Å². The van der Waals surface area contributed by atoms with Crippen LogP contribution in [0.2, 0.25) is 0 Å². The SMILES string of the molecule is C=C(CC)C(=O)Cc1cccc(-c2ccc(C(N)=O)c3[nH]ccc23)c1C. The summed E-state index contributed by atoms with van der Waals surface area (Å²) in [5.74, 6) is -0.387. The second-order valence-corrected chi connectivity index (χ2v) is 6.44. The zero-order chi connectivity index (χ0) is 18.8. The van der Waals surface area contributed by atoms with Gasteiger partial charge in [-0.15, -0.1) is 0 Å². The summed E-state index contributed by atoms with van der Waals surface area (Å²) in [7, 11) is 0. The Morgan fingerprint density at radius 3 is 2.58 bits per heavy atom. The van der Waals surface area contributed by atoms with Crippen molar-refractivity contribution in [2.75, 3.05) is 0 Å². The molecule has 26 heavy (non-hydrogen) atoms. The average Bonchev–Trinajstić information content (AvgIpc) is 3.11. The summed E-state index contributed by atoms with van der Waals surface area (Å²) in [4.78, 5) is 27.0. The molecule has 0 aliphatic rings. The van der Waals surface area contributed by atoms with E-state index in [1.54, 1.807) is 12.3 Å². The van der Waals surface area contributed by atoms with E-state index < -0.39 is 5.91 Å². The molecule has 4 heteroatoms. The fraction of sp³-hybridized carbons (Fsp3) is 0.182. The van der Waals surface area contributed by atoms with E-state index in [4.69, 9.17) is 5.73 Å². The van der Waals surface area contributed by atoms with Gasteiger partial charge in [-0.1, -0.05) is 37.8 Å². The minimum absolute atomic E-state index is 0.0728. The minimum atomic E-state index is -0.460. The summed E-state index contributed by atoms with van der Waals surface area (Å²) in [5, 5.41) is 0.936. The first-order valence-corrected chi connectivity index (χ1v) is 8.63. The molecule has 1 amide bonds. The summed E-state index contributed by atoms with van der Waals surface area (Å²) in [5.41, 5.74) is 11.4. The maximum absolute atomic E-state index is 12.3. The van der Waals surface area contributed by atoms with Crippen LogP contribution in [0.1, 0.15) is 34.8 Å². The van der Waals surface area contributed by atoms with Crippen molar-refractivity contribution in [3.8, 4) is 11.1 Å². The quantitative estimate of drug-likeness (QED) is 0.652. The standard InChI is InChI=1S/C22H22N2O2/c1-4-13(2)20(25)12-15-6-5-7-16(14(15)3)17-8-9-19(22(23)26)21-18(17)10-11-24-21/h5-11,24H,2,4,12H2,1,3H3,(H2,23,26). The van der Waals surface area contributed by atoms with Crippen molar-refractivity contribution in [1.29, 1.82) is 0 Å². The van der Waals surface area contributed by atoms with Gasteiger partial charge in [-0.25, -0.2) is 0 Å². The van der Waals surface area contributed by atoms with Crippen LogP contribution < -0.4 is 5.73 Å². The molecule has 0 fully saturated rings. The summed E-state index contributed by atoms with van der Waals surface area (Å²) in [6, 6.07) is 11.6. The van der Waals surface area contributed by atoms with Gasteiger partial charge in [0.2, 0.25) is 0 Å². The molecule has 0 atom stereocenters. The van der Waals surface area contributed by atoms with Crippen molar-refractivity contribution < 1.29 is 9.59 Å². The number of rotatable bonds is 6. The molecule has 0 unspecified atom stereocenters. The van der Waals surface area contributed by atoms with Gasteiger partial charge < -0.3 is 10.7 Å². The van der Waals surface area contributed by atoms with Crippen LogP contribution in [-0.4, -0.2) is 16.7 Å². The normalized spacial score (nSPS) is 10.8. The van der Waals surface area contributed by atoms with Crippen molar-refractivity contribution in [2.24, 2.45) is 5.73 Å². The highest BCUT2D eigenvalue weighted by atomic mass is 16.1. The molecule has 132 valence electrons. The summed E-state index contributed by atoms with van der Waals surface area (Å²) in [6.45, 7) is 7.80. The fourth-order valence-corrected chi connectivity index (χ4v) is 3.26. The summed E-state index contributed by atoms with van der Waals surface area (Å²) in [6.07, 6.45) is 2.81. The van der Waals surface area contributed by atoms with Crippen molar-refractivity contribution in [2.45, 2.75) is 26.7 Å². The second kappa shape index (κ2) is 7.00. The molecule has 3 N–H and O–H groups in total. The molecule has 0 bridgehead atoms. The topological polar surface area (TPSA) is 76.0 Å². The number of H-pyrrole nitrogens is 1. The smallest absolute Gasteiger partial charge is 0.250 e. The van der Waals surface area contributed by atoms with Gasteiger partial charge in [0.05, 0.1) is 11.1 Å². The lowest BCUT2D eigenvalue weighted by atomic mass is 9.90. The van der Waals surface area contributed by atoms with Crippen LogP contribution in [0.4, 0.5) is 0 Å². The number of allylic oxidation sites excluding steroid dienone is 1. The molecule has 1 heterocycles. The molecule has 2 aromatic carbocycles. The van der Waals surface area contributed by atoms with Gasteiger partial charge in [-0.2, -0.15) is 0 Å². The Hall–Kier alpha value is -3.14. The average molecular weight is 346 g/mol. The molecule has 4 nitrogen and oxygen atoms in total. The van der Waals surface area contributed by atoms with Gasteiger partial charge in [0.15, 0.2) is 5.78 Å². The van der Waals surface area contributed by atoms with Gasteiger partial charge in [0.1, 0.15) is 0 Å². The van der Waals surface area contributed by atoms with E-state index in [-0.39, 0.29) is 5.78 Å². The Bertz CT molecular complexity index is 1030.